The highest BCUT2D eigenvalue weighted by Gasteiger charge is 2.39. The van der Waals surface area contributed by atoms with Gasteiger partial charge < -0.3 is 14.7 Å². The summed E-state index contributed by atoms with van der Waals surface area (Å²) in [7, 11) is 0. The Morgan fingerprint density at radius 2 is 1.84 bits per heavy atom. The van der Waals surface area contributed by atoms with Gasteiger partial charge in [0.05, 0.1) is 28.6 Å². The van der Waals surface area contributed by atoms with Crippen molar-refractivity contribution in [2.24, 2.45) is 10.2 Å². The van der Waals surface area contributed by atoms with Crippen molar-refractivity contribution in [2.45, 2.75) is 64.0 Å². The second-order valence-corrected chi connectivity index (χ2v) is 13.2. The number of benzene rings is 2. The molecule has 0 unspecified atom stereocenters. The number of carbonyl (C=O) groups is 1. The lowest BCUT2D eigenvalue weighted by atomic mass is 9.93. The zero-order chi connectivity index (χ0) is 32.0. The van der Waals surface area contributed by atoms with Crippen molar-refractivity contribution >= 4 is 40.8 Å². The van der Waals surface area contributed by atoms with Crippen LogP contribution in [0.15, 0.2) is 51.4 Å². The average molecular weight is 653 g/mol. The predicted octanol–water partition coefficient (Wildman–Crippen LogP) is 5.44. The van der Waals surface area contributed by atoms with Gasteiger partial charge >= 0.3 is 17.1 Å². The van der Waals surface area contributed by atoms with Crippen LogP contribution in [0.25, 0.3) is 5.57 Å². The Hall–Kier alpha value is -3.71. The van der Waals surface area contributed by atoms with Gasteiger partial charge in [0.1, 0.15) is 11.3 Å². The number of halogens is 5. The Labute approximate surface area is 258 Å². The number of thiazole rings is 1. The van der Waals surface area contributed by atoms with E-state index in [4.69, 9.17) is 16.3 Å². The molecule has 1 saturated heterocycles. The normalized spacial score (nSPS) is 16.9. The Bertz CT molecular complexity index is 1820. The minimum Gasteiger partial charge on any atom is -0.493 e. The highest BCUT2D eigenvalue weighted by atomic mass is 35.5. The molecule has 234 valence electrons. The summed E-state index contributed by atoms with van der Waals surface area (Å²) in [6.45, 7) is 4.79. The van der Waals surface area contributed by atoms with Gasteiger partial charge in [-0.25, -0.2) is 9.18 Å². The molecule has 0 aliphatic carbocycles. The molecule has 2 aliphatic heterocycles. The molecule has 1 aromatic heterocycles. The summed E-state index contributed by atoms with van der Waals surface area (Å²) >= 11 is 6.51. The van der Waals surface area contributed by atoms with E-state index in [1.807, 2.05) is 0 Å². The highest BCUT2D eigenvalue weighted by Crippen LogP contribution is 2.38. The summed E-state index contributed by atoms with van der Waals surface area (Å²) < 4.78 is 64.3. The van der Waals surface area contributed by atoms with E-state index in [2.05, 4.69) is 10.2 Å². The third-order valence-electron chi connectivity index (χ3n) is 7.38. The number of carbonyl (C=O) groups excluding carboxylic acids is 1. The van der Waals surface area contributed by atoms with Gasteiger partial charge in [-0.15, -0.1) is 0 Å². The van der Waals surface area contributed by atoms with E-state index in [1.165, 1.54) is 23.2 Å². The molecular formula is C30H29ClF4N4O4S. The molecular weight excluding hydrogens is 624 g/mol. The van der Waals surface area contributed by atoms with Gasteiger partial charge in [-0.05, 0) is 61.4 Å². The maximum Gasteiger partial charge on any atom is 0.416 e. The maximum atomic E-state index is 16.0. The quantitative estimate of drug-likeness (QED) is 0.372. The van der Waals surface area contributed by atoms with Gasteiger partial charge in [0.15, 0.2) is 0 Å². The van der Waals surface area contributed by atoms with Crippen molar-refractivity contribution in [3.8, 4) is 5.88 Å². The molecule has 2 aromatic carbocycles. The minimum absolute atomic E-state index is 0.0136. The molecule has 0 atom stereocenters. The fourth-order valence-corrected chi connectivity index (χ4v) is 6.27. The molecule has 3 heterocycles. The standard InChI is InChI=1S/C30H29ClF4N4O4S/c1-28(2,3)43-26(41)38-10-8-29(32,9-11-38)16-39-25(40)24(44-27(39)42)21(17-5-7-23-19(12-17)15-36-37-23)13-18-4-6-20(31)14-22(18)30(33,34)35/h4-7,12,14-15,40H,8-11,13,16H2,1-3H3. The summed E-state index contributed by atoms with van der Waals surface area (Å²) in [5.41, 5.74) is -2.88. The molecule has 1 fully saturated rings. The number of hydrogen-bond donors (Lipinski definition) is 1. The second-order valence-electron chi connectivity index (χ2n) is 11.8. The van der Waals surface area contributed by atoms with Crippen LogP contribution in [0.2, 0.25) is 5.02 Å². The van der Waals surface area contributed by atoms with Gasteiger partial charge in [0, 0.05) is 42.9 Å². The maximum absolute atomic E-state index is 16.0. The summed E-state index contributed by atoms with van der Waals surface area (Å²) in [5.74, 6) is -0.553. The van der Waals surface area contributed by atoms with E-state index < -0.39 is 46.4 Å². The van der Waals surface area contributed by atoms with Crippen LogP contribution in [-0.4, -0.2) is 51.2 Å². The number of nitrogens with zero attached hydrogens (tertiary/aromatic N) is 4. The van der Waals surface area contributed by atoms with E-state index >= 15 is 4.39 Å². The Kier molecular flexibility index (Phi) is 8.40. The largest absolute Gasteiger partial charge is 0.493 e. The van der Waals surface area contributed by atoms with Crippen LogP contribution in [0.4, 0.5) is 22.4 Å². The van der Waals surface area contributed by atoms with Crippen LogP contribution in [0, 0.1) is 0 Å². The fourth-order valence-electron chi connectivity index (χ4n) is 5.15. The zero-order valence-corrected chi connectivity index (χ0v) is 25.6. The summed E-state index contributed by atoms with van der Waals surface area (Å²) in [4.78, 5) is 26.3. The first-order chi connectivity index (χ1) is 20.5. The third-order valence-corrected chi connectivity index (χ3v) is 8.64. The number of aromatic nitrogens is 1. The van der Waals surface area contributed by atoms with E-state index in [-0.39, 0.29) is 53.4 Å². The number of amides is 1. The molecule has 2 aliphatic rings. The SMILES string of the molecule is CC(C)(C)OC(=O)N1CCC(F)(Cn2c(O)c(C(Cc3ccc(Cl)cc3C(F)(F)F)=c3ccc4c(c3)C=NN=4)sc2=O)CC1. The number of aromatic hydroxyl groups is 1. The zero-order valence-electron chi connectivity index (χ0n) is 24.0. The summed E-state index contributed by atoms with van der Waals surface area (Å²) in [5, 5.41) is 20.0. The van der Waals surface area contributed by atoms with Gasteiger partial charge in [-0.1, -0.05) is 35.1 Å². The topological polar surface area (TPSA) is 96.5 Å². The first kappa shape index (κ1) is 31.7. The van der Waals surface area contributed by atoms with Crippen LogP contribution in [0.5, 0.6) is 5.88 Å². The molecule has 5 rings (SSSR count). The summed E-state index contributed by atoms with van der Waals surface area (Å²) in [6.07, 6.45) is -4.32. The van der Waals surface area contributed by atoms with Crippen LogP contribution in [-0.2, 0) is 23.9 Å². The smallest absolute Gasteiger partial charge is 0.416 e. The van der Waals surface area contributed by atoms with Gasteiger partial charge in [0.2, 0.25) is 5.88 Å². The van der Waals surface area contributed by atoms with Crippen molar-refractivity contribution in [3.63, 3.8) is 0 Å². The molecule has 44 heavy (non-hydrogen) atoms. The first-order valence-electron chi connectivity index (χ1n) is 13.7. The van der Waals surface area contributed by atoms with Crippen LogP contribution in [0.1, 0.15) is 55.2 Å². The molecule has 8 nitrogen and oxygen atoms in total. The highest BCUT2D eigenvalue weighted by molar-refractivity contribution is 7.10. The molecule has 3 aromatic rings. The molecule has 0 bridgehead atoms. The van der Waals surface area contributed by atoms with Crippen molar-refractivity contribution in [1.29, 1.82) is 0 Å². The fraction of sp³-hybridized carbons (Fsp3) is 0.400. The molecule has 1 N–H and O–H groups in total. The van der Waals surface area contributed by atoms with E-state index in [1.54, 1.807) is 39.0 Å². The van der Waals surface area contributed by atoms with Crippen LogP contribution in [0.3, 0.4) is 0 Å². The second kappa shape index (κ2) is 11.7. The monoisotopic (exact) mass is 652 g/mol. The van der Waals surface area contributed by atoms with Crippen LogP contribution >= 0.6 is 22.9 Å². The lowest BCUT2D eigenvalue weighted by Gasteiger charge is -2.37. The number of hydrogen-bond acceptors (Lipinski definition) is 7. The Morgan fingerprint density at radius 3 is 2.50 bits per heavy atom. The molecule has 14 heteroatoms. The van der Waals surface area contributed by atoms with Gasteiger partial charge in [0.25, 0.3) is 0 Å². The number of likely N-dealkylation sites (tertiary alicyclic amines) is 1. The number of ether oxygens (including phenoxy) is 1. The van der Waals surface area contributed by atoms with E-state index in [0.717, 1.165) is 10.6 Å². The van der Waals surface area contributed by atoms with Crippen molar-refractivity contribution in [1.82, 2.24) is 9.47 Å². The minimum atomic E-state index is -4.72. The molecule has 0 saturated carbocycles. The van der Waals surface area contributed by atoms with Gasteiger partial charge in [-0.2, -0.15) is 23.4 Å². The Balaban J connectivity index is 1.51. The number of alkyl halides is 4. The molecule has 0 spiro atoms. The third kappa shape index (κ3) is 6.83. The number of fused-ring (bicyclic) bond motifs is 1. The average Bonchev–Trinajstić information content (AvgIpc) is 3.50. The lowest BCUT2D eigenvalue weighted by Crippen LogP contribution is -2.48. The van der Waals surface area contributed by atoms with Crippen molar-refractivity contribution in [3.05, 3.63) is 83.2 Å². The number of rotatable bonds is 5. The lowest BCUT2D eigenvalue weighted by molar-refractivity contribution is -0.138. The first-order valence-corrected chi connectivity index (χ1v) is 14.9. The Morgan fingerprint density at radius 1 is 1.14 bits per heavy atom. The summed E-state index contributed by atoms with van der Waals surface area (Å²) in [6, 6.07) is 8.32. The van der Waals surface area contributed by atoms with Crippen LogP contribution < -0.4 is 15.4 Å². The van der Waals surface area contributed by atoms with E-state index in [9.17, 15) is 27.9 Å². The van der Waals surface area contributed by atoms with E-state index in [0.29, 0.717) is 27.5 Å². The van der Waals surface area contributed by atoms with Gasteiger partial charge in [-0.3, -0.25) is 9.36 Å². The molecule has 1 amide bonds. The predicted molar refractivity (Wildman–Crippen MR) is 159 cm³/mol. The number of piperidine rings is 1. The molecule has 0 radical (unpaired) electrons. The van der Waals surface area contributed by atoms with Crippen molar-refractivity contribution in [2.75, 3.05) is 13.1 Å². The van der Waals surface area contributed by atoms with Crippen molar-refractivity contribution < 1.29 is 32.2 Å².